The van der Waals surface area contributed by atoms with E-state index in [2.05, 4.69) is 5.32 Å². The highest BCUT2D eigenvalue weighted by Crippen LogP contribution is 2.24. The van der Waals surface area contributed by atoms with Gasteiger partial charge in [0.05, 0.1) is 12.1 Å². The van der Waals surface area contributed by atoms with Gasteiger partial charge in [-0.05, 0) is 38.8 Å². The summed E-state index contributed by atoms with van der Waals surface area (Å²) >= 11 is 0. The van der Waals surface area contributed by atoms with E-state index in [9.17, 15) is 4.79 Å². The molecule has 0 radical (unpaired) electrons. The van der Waals surface area contributed by atoms with Gasteiger partial charge >= 0.3 is 0 Å². The summed E-state index contributed by atoms with van der Waals surface area (Å²) in [4.78, 5) is 14.3. The molecule has 112 valence electrons. The standard InChI is InChI=1S/C17H22N2O2/c1-12(16-11-14-7-3-4-8-15(14)21-16)18-13(2)17(20)19-9-5-6-10-19/h3-4,7-8,11-13,18H,5-6,9-10H2,1-2H3. The average molecular weight is 286 g/mol. The molecule has 2 heterocycles. The Hall–Kier alpha value is -1.81. The monoisotopic (exact) mass is 286 g/mol. The van der Waals surface area contributed by atoms with E-state index in [0.717, 1.165) is 42.7 Å². The number of rotatable bonds is 4. The second-order valence-electron chi connectivity index (χ2n) is 5.83. The number of hydrogen-bond donors (Lipinski definition) is 1. The van der Waals surface area contributed by atoms with Crippen LogP contribution in [0.25, 0.3) is 11.0 Å². The topological polar surface area (TPSA) is 45.5 Å². The minimum atomic E-state index is -0.189. The van der Waals surface area contributed by atoms with Crippen LogP contribution in [0.4, 0.5) is 0 Å². The second-order valence-corrected chi connectivity index (χ2v) is 5.83. The molecule has 1 aliphatic heterocycles. The van der Waals surface area contributed by atoms with Gasteiger partial charge in [-0.15, -0.1) is 0 Å². The van der Waals surface area contributed by atoms with E-state index in [1.54, 1.807) is 0 Å². The summed E-state index contributed by atoms with van der Waals surface area (Å²) in [5.41, 5.74) is 0.889. The summed E-state index contributed by atoms with van der Waals surface area (Å²) in [6, 6.07) is 9.83. The number of fused-ring (bicyclic) bond motifs is 1. The van der Waals surface area contributed by atoms with E-state index >= 15 is 0 Å². The summed E-state index contributed by atoms with van der Waals surface area (Å²) in [6.45, 7) is 5.75. The Bertz CT molecular complexity index is 596. The number of carbonyl (C=O) groups excluding carboxylic acids is 1. The average Bonchev–Trinajstić information content (AvgIpc) is 3.15. The number of likely N-dealkylation sites (tertiary alicyclic amines) is 1. The van der Waals surface area contributed by atoms with E-state index in [1.165, 1.54) is 0 Å². The Morgan fingerprint density at radius 1 is 1.24 bits per heavy atom. The maximum Gasteiger partial charge on any atom is 0.239 e. The van der Waals surface area contributed by atoms with Crippen LogP contribution in [0.15, 0.2) is 34.7 Å². The van der Waals surface area contributed by atoms with Crippen LogP contribution in [-0.2, 0) is 4.79 Å². The van der Waals surface area contributed by atoms with Crippen LogP contribution in [0.1, 0.15) is 38.5 Å². The first-order valence-corrected chi connectivity index (χ1v) is 7.68. The van der Waals surface area contributed by atoms with E-state index in [-0.39, 0.29) is 18.0 Å². The molecule has 0 aliphatic carbocycles. The molecule has 1 N–H and O–H groups in total. The zero-order valence-corrected chi connectivity index (χ0v) is 12.6. The molecule has 1 saturated heterocycles. The van der Waals surface area contributed by atoms with E-state index in [4.69, 9.17) is 4.42 Å². The summed E-state index contributed by atoms with van der Waals surface area (Å²) in [6.07, 6.45) is 2.25. The maximum absolute atomic E-state index is 12.3. The van der Waals surface area contributed by atoms with Gasteiger partial charge in [0, 0.05) is 18.5 Å². The van der Waals surface area contributed by atoms with Crippen LogP contribution in [0, 0.1) is 0 Å². The van der Waals surface area contributed by atoms with Gasteiger partial charge in [-0.2, -0.15) is 0 Å². The molecule has 3 rings (SSSR count). The number of furan rings is 1. The molecular formula is C17H22N2O2. The van der Waals surface area contributed by atoms with Crippen molar-refractivity contribution < 1.29 is 9.21 Å². The molecule has 1 aliphatic rings. The van der Waals surface area contributed by atoms with Crippen LogP contribution in [0.3, 0.4) is 0 Å². The normalized spacial score (nSPS) is 18.1. The van der Waals surface area contributed by atoms with Crippen LogP contribution >= 0.6 is 0 Å². The fourth-order valence-corrected chi connectivity index (χ4v) is 2.96. The minimum Gasteiger partial charge on any atom is -0.459 e. The Balaban J connectivity index is 1.67. The van der Waals surface area contributed by atoms with Crippen molar-refractivity contribution in [3.05, 3.63) is 36.1 Å². The zero-order chi connectivity index (χ0) is 14.8. The van der Waals surface area contributed by atoms with Crippen molar-refractivity contribution in [2.75, 3.05) is 13.1 Å². The van der Waals surface area contributed by atoms with Crippen molar-refractivity contribution in [3.8, 4) is 0 Å². The smallest absolute Gasteiger partial charge is 0.239 e. The molecule has 2 aromatic rings. The van der Waals surface area contributed by atoms with E-state index < -0.39 is 0 Å². The third-order valence-electron chi connectivity index (χ3n) is 4.16. The number of carbonyl (C=O) groups is 1. The summed E-state index contributed by atoms with van der Waals surface area (Å²) in [5, 5.41) is 4.45. The first-order valence-electron chi connectivity index (χ1n) is 7.68. The molecule has 1 fully saturated rings. The molecule has 4 nitrogen and oxygen atoms in total. The molecule has 2 atom stereocenters. The Labute approximate surface area is 125 Å². The van der Waals surface area contributed by atoms with Gasteiger partial charge < -0.3 is 9.32 Å². The highest BCUT2D eigenvalue weighted by Gasteiger charge is 2.25. The number of para-hydroxylation sites is 1. The lowest BCUT2D eigenvalue weighted by molar-refractivity contribution is -0.132. The lowest BCUT2D eigenvalue weighted by atomic mass is 10.2. The summed E-state index contributed by atoms with van der Waals surface area (Å²) < 4.78 is 5.85. The fraction of sp³-hybridized carbons (Fsp3) is 0.471. The number of amides is 1. The third kappa shape index (κ3) is 2.95. The first-order chi connectivity index (χ1) is 10.1. The number of nitrogens with zero attached hydrogens (tertiary/aromatic N) is 1. The zero-order valence-electron chi connectivity index (χ0n) is 12.6. The van der Waals surface area contributed by atoms with Crippen molar-refractivity contribution in [1.82, 2.24) is 10.2 Å². The minimum absolute atomic E-state index is 0.0129. The lowest BCUT2D eigenvalue weighted by Gasteiger charge is -2.23. The molecule has 4 heteroatoms. The predicted molar refractivity (Wildman–Crippen MR) is 83.0 cm³/mol. The van der Waals surface area contributed by atoms with Crippen LogP contribution in [-0.4, -0.2) is 29.9 Å². The van der Waals surface area contributed by atoms with E-state index in [0.29, 0.717) is 0 Å². The van der Waals surface area contributed by atoms with Gasteiger partial charge in [0.25, 0.3) is 0 Å². The molecule has 0 bridgehead atoms. The maximum atomic E-state index is 12.3. The fourth-order valence-electron chi connectivity index (χ4n) is 2.96. The van der Waals surface area contributed by atoms with Gasteiger partial charge in [-0.1, -0.05) is 18.2 Å². The van der Waals surface area contributed by atoms with Gasteiger partial charge in [-0.3, -0.25) is 10.1 Å². The largest absolute Gasteiger partial charge is 0.459 e. The van der Waals surface area contributed by atoms with Gasteiger partial charge in [0.1, 0.15) is 11.3 Å². The lowest BCUT2D eigenvalue weighted by Crippen LogP contribution is -2.44. The molecule has 0 spiro atoms. The first kappa shape index (κ1) is 14.1. The van der Waals surface area contributed by atoms with Crippen molar-refractivity contribution in [1.29, 1.82) is 0 Å². The van der Waals surface area contributed by atoms with Crippen LogP contribution in [0.2, 0.25) is 0 Å². The van der Waals surface area contributed by atoms with Crippen LogP contribution < -0.4 is 5.32 Å². The number of nitrogens with one attached hydrogen (secondary N) is 1. The Morgan fingerprint density at radius 2 is 1.95 bits per heavy atom. The molecule has 1 aromatic heterocycles. The van der Waals surface area contributed by atoms with Gasteiger partial charge in [0.15, 0.2) is 0 Å². The van der Waals surface area contributed by atoms with Crippen molar-refractivity contribution in [3.63, 3.8) is 0 Å². The quantitative estimate of drug-likeness (QED) is 0.939. The second kappa shape index (κ2) is 5.90. The van der Waals surface area contributed by atoms with Crippen molar-refractivity contribution in [2.45, 2.75) is 38.8 Å². The Morgan fingerprint density at radius 3 is 2.67 bits per heavy atom. The highest BCUT2D eigenvalue weighted by molar-refractivity contribution is 5.82. The SMILES string of the molecule is CC(NC(C)c1cc2ccccc2o1)C(=O)N1CCCC1. The highest BCUT2D eigenvalue weighted by atomic mass is 16.3. The summed E-state index contributed by atoms with van der Waals surface area (Å²) in [5.74, 6) is 1.06. The van der Waals surface area contributed by atoms with Gasteiger partial charge in [0.2, 0.25) is 5.91 Å². The third-order valence-corrected chi connectivity index (χ3v) is 4.16. The Kier molecular flexibility index (Phi) is 3.97. The molecular weight excluding hydrogens is 264 g/mol. The van der Waals surface area contributed by atoms with Gasteiger partial charge in [-0.25, -0.2) is 0 Å². The molecule has 1 aromatic carbocycles. The van der Waals surface area contributed by atoms with Crippen molar-refractivity contribution in [2.24, 2.45) is 0 Å². The molecule has 21 heavy (non-hydrogen) atoms. The number of hydrogen-bond acceptors (Lipinski definition) is 3. The predicted octanol–water partition coefficient (Wildman–Crippen LogP) is 3.09. The molecule has 2 unspecified atom stereocenters. The van der Waals surface area contributed by atoms with E-state index in [1.807, 2.05) is 49.1 Å². The van der Waals surface area contributed by atoms with Crippen LogP contribution in [0.5, 0.6) is 0 Å². The van der Waals surface area contributed by atoms with Crippen molar-refractivity contribution >= 4 is 16.9 Å². The molecule has 1 amide bonds. The number of benzene rings is 1. The molecule has 0 saturated carbocycles. The summed E-state index contributed by atoms with van der Waals surface area (Å²) in [7, 11) is 0.